The number of rotatable bonds is 70. The van der Waals surface area contributed by atoms with E-state index in [0.717, 1.165) is 128 Å². The van der Waals surface area contributed by atoms with Gasteiger partial charge in [0.1, 0.15) is 19.3 Å². The maximum atomic E-state index is 13.1. The monoisotopic (exact) mass is 1420 g/mol. The van der Waals surface area contributed by atoms with Crippen LogP contribution in [0.25, 0.3) is 0 Å². The van der Waals surface area contributed by atoms with Gasteiger partial charge in [-0.3, -0.25) is 37.3 Å². The second-order valence-corrected chi connectivity index (χ2v) is 27.8. The molecule has 0 saturated heterocycles. The Hall–Kier alpha value is -4.54. The number of allylic oxidation sites excluding steroid dienone is 19. The van der Waals surface area contributed by atoms with Crippen LogP contribution in [0.2, 0.25) is 0 Å². The SMILES string of the molecule is CC/C=C\C/C=C\C/C=C\C/C=C\C/C=C\CC(=O)OCC(COP(=O)(O)OCC(O)COP(=O)(O)OCC(COC(=O)CCCC/C=C\C/C=C\C/C=C\C/C=C\CC)OC(=O)CCCCCCCCCCCCCCC)OC(=O)CCCCCCC/C=C\CCCCCCCC. The molecule has 5 atom stereocenters. The molecule has 98 heavy (non-hydrogen) atoms. The van der Waals surface area contributed by atoms with Crippen molar-refractivity contribution in [3.63, 3.8) is 0 Å². The molecule has 0 spiro atoms. The summed E-state index contributed by atoms with van der Waals surface area (Å²) in [4.78, 5) is 72.7. The summed E-state index contributed by atoms with van der Waals surface area (Å²) in [7, 11) is -9.98. The van der Waals surface area contributed by atoms with Gasteiger partial charge in [-0.2, -0.15) is 0 Å². The number of esters is 4. The van der Waals surface area contributed by atoms with Crippen molar-refractivity contribution in [2.75, 3.05) is 39.6 Å². The fraction of sp³-hybridized carbons (Fsp3) is 0.696. The predicted octanol–water partition coefficient (Wildman–Crippen LogP) is 21.6. The molecule has 17 nitrogen and oxygen atoms in total. The average Bonchev–Trinajstić information content (AvgIpc) is 1.04. The molecule has 19 heteroatoms. The van der Waals surface area contributed by atoms with Crippen molar-refractivity contribution < 1.29 is 80.2 Å². The van der Waals surface area contributed by atoms with Crippen LogP contribution >= 0.6 is 15.6 Å². The highest BCUT2D eigenvalue weighted by Crippen LogP contribution is 2.45. The van der Waals surface area contributed by atoms with E-state index in [1.54, 1.807) is 6.08 Å². The maximum Gasteiger partial charge on any atom is 0.472 e. The average molecular weight is 1420 g/mol. The van der Waals surface area contributed by atoms with Crippen LogP contribution in [-0.2, 0) is 65.4 Å². The smallest absolute Gasteiger partial charge is 0.462 e. The van der Waals surface area contributed by atoms with Gasteiger partial charge in [-0.15, -0.1) is 0 Å². The minimum Gasteiger partial charge on any atom is -0.462 e. The normalized spacial score (nSPS) is 14.6. The van der Waals surface area contributed by atoms with Crippen molar-refractivity contribution in [1.29, 1.82) is 0 Å². The fourth-order valence-electron chi connectivity index (χ4n) is 9.75. The molecule has 0 aromatic carbocycles. The first-order valence-corrected chi connectivity index (χ1v) is 40.8. The molecule has 0 radical (unpaired) electrons. The van der Waals surface area contributed by atoms with Crippen LogP contribution in [0.4, 0.5) is 0 Å². The Morgan fingerprint density at radius 3 is 0.939 bits per heavy atom. The highest BCUT2D eigenvalue weighted by Gasteiger charge is 2.30. The van der Waals surface area contributed by atoms with Gasteiger partial charge in [0.15, 0.2) is 12.2 Å². The molecule has 0 amide bonds. The number of phosphoric ester groups is 2. The standard InChI is InChI=1S/C79H134O17P2/c1-5-9-13-17-21-25-29-33-36-40-43-47-51-55-59-63-76(81)89-69-74(95-78(83)65-61-57-53-49-45-39-32-28-24-20-16-12-8-4)71-93-97(85,86)91-67-73(80)68-92-98(87,88)94-72-75(96-79(84)66-62-58-54-50-46-42-38-35-31-27-23-19-15-11-7-3)70-90-77(82)64-60-56-52-48-44-41-37-34-30-26-22-18-14-10-6-2/h9-10,13-14,21-22,25-26,33-38,43-44,47-48,56,60,73-75,80H,5-8,11-12,15-20,23-24,27-32,39-42,45-46,49-55,57-59,61-72H2,1-4H3,(H,85,86)(H,87,88)/b13-9-,14-10-,25-21-,26-22-,36-33-,37-34-,38-35-,47-43-,48-44-,60-56-. The Bertz CT molecular complexity index is 2340. The van der Waals surface area contributed by atoms with E-state index in [4.69, 9.17) is 37.0 Å². The second kappa shape index (κ2) is 70.9. The quantitative estimate of drug-likeness (QED) is 0.0169. The molecule has 0 heterocycles. The molecule has 3 N–H and O–H groups in total. The number of phosphoric acid groups is 2. The number of aliphatic hydroxyl groups excluding tert-OH is 1. The fourth-order valence-corrected chi connectivity index (χ4v) is 11.3. The van der Waals surface area contributed by atoms with Gasteiger partial charge in [-0.25, -0.2) is 9.13 Å². The Morgan fingerprint density at radius 1 is 0.306 bits per heavy atom. The lowest BCUT2D eigenvalue weighted by Crippen LogP contribution is -2.30. The molecule has 5 unspecified atom stereocenters. The van der Waals surface area contributed by atoms with Crippen molar-refractivity contribution in [3.05, 3.63) is 122 Å². The Morgan fingerprint density at radius 2 is 0.571 bits per heavy atom. The number of unbranched alkanes of at least 4 members (excludes halogenated alkanes) is 25. The van der Waals surface area contributed by atoms with Crippen molar-refractivity contribution in [3.8, 4) is 0 Å². The van der Waals surface area contributed by atoms with Crippen molar-refractivity contribution >= 4 is 39.5 Å². The van der Waals surface area contributed by atoms with Crippen LogP contribution in [0.3, 0.4) is 0 Å². The van der Waals surface area contributed by atoms with Crippen molar-refractivity contribution in [2.45, 2.75) is 316 Å². The van der Waals surface area contributed by atoms with E-state index in [0.29, 0.717) is 25.7 Å². The molecule has 0 aliphatic rings. The molecule has 0 aliphatic heterocycles. The zero-order valence-electron chi connectivity index (χ0n) is 61.2. The first-order chi connectivity index (χ1) is 47.7. The molecular formula is C79H134O17P2. The molecule has 0 aromatic heterocycles. The molecular weight excluding hydrogens is 1280 g/mol. The van der Waals surface area contributed by atoms with Gasteiger partial charge >= 0.3 is 39.5 Å². The van der Waals surface area contributed by atoms with Gasteiger partial charge in [-0.05, 0) is 116 Å². The maximum absolute atomic E-state index is 13.1. The van der Waals surface area contributed by atoms with Crippen LogP contribution in [0.1, 0.15) is 297 Å². The van der Waals surface area contributed by atoms with Gasteiger partial charge in [0.05, 0.1) is 32.8 Å². The molecule has 0 aliphatic carbocycles. The number of hydrogen-bond donors (Lipinski definition) is 3. The second-order valence-electron chi connectivity index (χ2n) is 24.8. The minimum atomic E-state index is -5.00. The lowest BCUT2D eigenvalue weighted by atomic mass is 10.0. The number of carbonyl (C=O) groups is 4. The zero-order chi connectivity index (χ0) is 71.8. The molecule has 0 rings (SSSR count). The summed E-state index contributed by atoms with van der Waals surface area (Å²) < 4.78 is 68.3. The number of aliphatic hydroxyl groups is 1. The van der Waals surface area contributed by atoms with E-state index >= 15 is 0 Å². The molecule has 562 valence electrons. The van der Waals surface area contributed by atoms with Gasteiger partial charge < -0.3 is 33.8 Å². The summed E-state index contributed by atoms with van der Waals surface area (Å²) in [6, 6.07) is 0. The van der Waals surface area contributed by atoms with E-state index in [-0.39, 0.29) is 25.7 Å². The van der Waals surface area contributed by atoms with Crippen LogP contribution < -0.4 is 0 Å². The van der Waals surface area contributed by atoms with Crippen molar-refractivity contribution in [2.24, 2.45) is 0 Å². The number of hydrogen-bond acceptors (Lipinski definition) is 15. The first kappa shape index (κ1) is 93.5. The third-order valence-electron chi connectivity index (χ3n) is 15.5. The summed E-state index contributed by atoms with van der Waals surface area (Å²) in [6.07, 6.45) is 76.6. The van der Waals surface area contributed by atoms with Crippen molar-refractivity contribution in [1.82, 2.24) is 0 Å². The summed E-state index contributed by atoms with van der Waals surface area (Å²) in [5, 5.41) is 10.6. The van der Waals surface area contributed by atoms with Gasteiger partial charge in [0, 0.05) is 19.3 Å². The van der Waals surface area contributed by atoms with Gasteiger partial charge in [0.25, 0.3) is 0 Å². The van der Waals surface area contributed by atoms with Crippen LogP contribution in [-0.4, -0.2) is 96.7 Å². The van der Waals surface area contributed by atoms with E-state index in [1.165, 1.54) is 89.9 Å². The highest BCUT2D eigenvalue weighted by atomic mass is 31.2. The molecule has 0 fully saturated rings. The summed E-state index contributed by atoms with van der Waals surface area (Å²) in [6.45, 7) is 4.47. The third kappa shape index (κ3) is 69.9. The Balaban J connectivity index is 5.45. The lowest BCUT2D eigenvalue weighted by Gasteiger charge is -2.21. The topological polar surface area (TPSA) is 237 Å². The Kier molecular flexibility index (Phi) is 67.6. The van der Waals surface area contributed by atoms with Gasteiger partial charge in [-0.1, -0.05) is 278 Å². The largest absolute Gasteiger partial charge is 0.472 e. The van der Waals surface area contributed by atoms with E-state index in [2.05, 4.69) is 125 Å². The minimum absolute atomic E-state index is 0.0634. The van der Waals surface area contributed by atoms with Crippen LogP contribution in [0, 0.1) is 0 Å². The van der Waals surface area contributed by atoms with Crippen LogP contribution in [0.5, 0.6) is 0 Å². The number of ether oxygens (including phenoxy) is 4. The summed E-state index contributed by atoms with van der Waals surface area (Å²) in [5.41, 5.74) is 0. The molecule has 0 aromatic rings. The lowest BCUT2D eigenvalue weighted by molar-refractivity contribution is -0.161. The van der Waals surface area contributed by atoms with Gasteiger partial charge in [0.2, 0.25) is 0 Å². The van der Waals surface area contributed by atoms with E-state index in [9.17, 15) is 43.2 Å². The van der Waals surface area contributed by atoms with E-state index < -0.39 is 97.5 Å². The van der Waals surface area contributed by atoms with E-state index in [1.807, 2.05) is 18.2 Å². The van der Waals surface area contributed by atoms with Crippen LogP contribution in [0.15, 0.2) is 122 Å². The number of carbonyl (C=O) groups excluding carboxylic acids is 4. The molecule has 0 saturated carbocycles. The zero-order valence-corrected chi connectivity index (χ0v) is 63.0. The first-order valence-electron chi connectivity index (χ1n) is 37.8. The predicted molar refractivity (Wildman–Crippen MR) is 399 cm³/mol. The third-order valence-corrected chi connectivity index (χ3v) is 17.4. The molecule has 0 bridgehead atoms. The Labute approximate surface area is 593 Å². The summed E-state index contributed by atoms with van der Waals surface area (Å²) >= 11 is 0. The summed E-state index contributed by atoms with van der Waals surface area (Å²) in [5.74, 6) is -2.38. The highest BCUT2D eigenvalue weighted by molar-refractivity contribution is 7.47.